The molecule has 7 unspecified atom stereocenters. The third-order valence-corrected chi connectivity index (χ3v) is 9.85. The summed E-state index contributed by atoms with van der Waals surface area (Å²) in [5.41, 5.74) is 2.87. The van der Waals surface area contributed by atoms with Crippen molar-refractivity contribution in [3.05, 3.63) is 70.8 Å². The van der Waals surface area contributed by atoms with Gasteiger partial charge in [-0.05, 0) is 72.6 Å². The van der Waals surface area contributed by atoms with Crippen LogP contribution in [0.5, 0.6) is 0 Å². The Morgan fingerprint density at radius 1 is 0.778 bits per heavy atom. The quantitative estimate of drug-likeness (QED) is 0.153. The van der Waals surface area contributed by atoms with E-state index in [2.05, 4.69) is 68.1 Å². The first-order valence-corrected chi connectivity index (χ1v) is 18.4. The number of rotatable bonds is 10. The van der Waals surface area contributed by atoms with Gasteiger partial charge in [-0.2, -0.15) is 0 Å². The summed E-state index contributed by atoms with van der Waals surface area (Å²) in [4.78, 5) is 58.5. The fourth-order valence-electron chi connectivity index (χ4n) is 6.98. The van der Waals surface area contributed by atoms with Crippen LogP contribution in [-0.4, -0.2) is 98.6 Å². The number of amides is 3. The summed E-state index contributed by atoms with van der Waals surface area (Å²) in [6.45, 7) is 13.0. The number of aromatic nitrogens is 4. The van der Waals surface area contributed by atoms with Crippen LogP contribution in [0, 0.1) is 47.4 Å². The van der Waals surface area contributed by atoms with E-state index in [1.165, 1.54) is 14.2 Å². The van der Waals surface area contributed by atoms with Gasteiger partial charge < -0.3 is 39.7 Å². The molecule has 14 heteroatoms. The molecule has 5 rings (SSSR count). The molecule has 2 aliphatic heterocycles. The Labute approximate surface area is 317 Å². The average Bonchev–Trinajstić information content (AvgIpc) is 3.97. The molecule has 54 heavy (non-hydrogen) atoms. The van der Waals surface area contributed by atoms with Crippen molar-refractivity contribution in [2.75, 3.05) is 27.3 Å². The van der Waals surface area contributed by atoms with Crippen molar-refractivity contribution >= 4 is 17.9 Å². The number of hydrogen-bond donors (Lipinski definition) is 5. The zero-order valence-electron chi connectivity index (χ0n) is 32.3. The van der Waals surface area contributed by atoms with Gasteiger partial charge in [-0.1, -0.05) is 53.4 Å². The van der Waals surface area contributed by atoms with Gasteiger partial charge in [0.1, 0.15) is 29.1 Å². The monoisotopic (exact) mass is 740 g/mol. The second-order valence-electron chi connectivity index (χ2n) is 15.0. The maximum absolute atomic E-state index is 13.6. The molecule has 2 saturated heterocycles. The smallest absolute Gasteiger partial charge is 0.407 e. The number of carbonyl (C=O) groups is 3. The number of aliphatic hydroxyl groups is 1. The van der Waals surface area contributed by atoms with Gasteiger partial charge in [-0.15, -0.1) is 0 Å². The average molecular weight is 741 g/mol. The summed E-state index contributed by atoms with van der Waals surface area (Å²) >= 11 is 0. The number of alkyl carbamates (subject to hydrolysis) is 1. The molecule has 0 spiro atoms. The number of nitrogens with zero attached hydrogens (tertiary/aromatic N) is 4. The lowest BCUT2D eigenvalue weighted by atomic mass is 10.0. The lowest BCUT2D eigenvalue weighted by Crippen LogP contribution is -2.53. The molecule has 1 aromatic carbocycles. The van der Waals surface area contributed by atoms with Crippen LogP contribution in [0.1, 0.15) is 101 Å². The van der Waals surface area contributed by atoms with Crippen molar-refractivity contribution in [3.8, 4) is 23.7 Å². The summed E-state index contributed by atoms with van der Waals surface area (Å²) in [6.07, 6.45) is 2.98. The third kappa shape index (κ3) is 9.68. The molecule has 0 radical (unpaired) electrons. The minimum atomic E-state index is -1.24. The van der Waals surface area contributed by atoms with E-state index >= 15 is 0 Å². The van der Waals surface area contributed by atoms with E-state index in [1.54, 1.807) is 17.3 Å². The summed E-state index contributed by atoms with van der Waals surface area (Å²) < 4.78 is 9.68. The molecule has 7 atom stereocenters. The van der Waals surface area contributed by atoms with E-state index < -0.39 is 24.6 Å². The van der Waals surface area contributed by atoms with Crippen molar-refractivity contribution < 1.29 is 29.0 Å². The summed E-state index contributed by atoms with van der Waals surface area (Å²) in [7, 11) is 2.66. The second-order valence-corrected chi connectivity index (χ2v) is 15.0. The Kier molecular flexibility index (Phi) is 13.2. The van der Waals surface area contributed by atoms with Gasteiger partial charge in [0.2, 0.25) is 18.2 Å². The number of methoxy groups -OCH3 is 2. The van der Waals surface area contributed by atoms with E-state index in [4.69, 9.17) is 9.47 Å². The van der Waals surface area contributed by atoms with Gasteiger partial charge in [-0.3, -0.25) is 14.9 Å². The van der Waals surface area contributed by atoms with E-state index in [9.17, 15) is 19.5 Å². The van der Waals surface area contributed by atoms with Gasteiger partial charge in [0.05, 0.1) is 37.6 Å². The number of ether oxygens (including phenoxy) is 2. The van der Waals surface area contributed by atoms with E-state index in [-0.39, 0.29) is 47.6 Å². The zero-order chi connectivity index (χ0) is 39.1. The zero-order valence-corrected chi connectivity index (χ0v) is 32.3. The first kappa shape index (κ1) is 40.0. The summed E-state index contributed by atoms with van der Waals surface area (Å²) in [6, 6.07) is 5.78. The van der Waals surface area contributed by atoms with Crippen LogP contribution in [0.2, 0.25) is 0 Å². The predicted molar refractivity (Wildman–Crippen MR) is 201 cm³/mol. The highest BCUT2D eigenvalue weighted by molar-refractivity contribution is 5.86. The van der Waals surface area contributed by atoms with Gasteiger partial charge in [0.15, 0.2) is 0 Å². The summed E-state index contributed by atoms with van der Waals surface area (Å²) in [5, 5.41) is 15.5. The van der Waals surface area contributed by atoms with Crippen LogP contribution in [0.25, 0.3) is 0 Å². The minimum absolute atomic E-state index is 0.0638. The lowest BCUT2D eigenvalue weighted by molar-refractivity contribution is -0.145. The number of aromatic amines is 2. The van der Waals surface area contributed by atoms with E-state index in [0.717, 1.165) is 24.0 Å². The first-order valence-electron chi connectivity index (χ1n) is 18.4. The van der Waals surface area contributed by atoms with Crippen LogP contribution in [0.4, 0.5) is 4.79 Å². The fraction of sp³-hybridized carbons (Fsp3) is 0.525. The number of H-pyrrole nitrogens is 2. The van der Waals surface area contributed by atoms with E-state index in [1.807, 2.05) is 56.9 Å². The molecule has 5 N–H and O–H groups in total. The molecule has 2 aromatic heterocycles. The minimum Gasteiger partial charge on any atom is -0.453 e. The van der Waals surface area contributed by atoms with Crippen LogP contribution >= 0.6 is 0 Å². The maximum atomic E-state index is 13.6. The highest BCUT2D eigenvalue weighted by Crippen LogP contribution is 2.36. The Morgan fingerprint density at radius 2 is 1.22 bits per heavy atom. The van der Waals surface area contributed by atoms with Crippen molar-refractivity contribution in [1.82, 2.24) is 40.4 Å². The Morgan fingerprint density at radius 3 is 1.63 bits per heavy atom. The van der Waals surface area contributed by atoms with Crippen LogP contribution in [-0.2, 0) is 19.1 Å². The highest BCUT2D eigenvalue weighted by Gasteiger charge is 2.41. The molecule has 14 nitrogen and oxygen atoms in total. The molecular formula is C40H52N8O6. The van der Waals surface area contributed by atoms with Gasteiger partial charge >= 0.3 is 6.09 Å². The number of hydrogen-bond acceptors (Lipinski definition) is 9. The lowest BCUT2D eigenvalue weighted by Gasteiger charge is -2.31. The fourth-order valence-corrected chi connectivity index (χ4v) is 6.98. The molecule has 3 amide bonds. The molecule has 2 fully saturated rings. The van der Waals surface area contributed by atoms with Gasteiger partial charge in [0.25, 0.3) is 0 Å². The topological polar surface area (TPSA) is 178 Å². The molecule has 0 saturated carbocycles. The number of benzene rings is 1. The standard InChI is InChI=1S/C40H52N8O6/c1-23(2)33(45-39(51)53-7)37(49)47-21-25(5)17-31(47)35-41-19-29(43-35)15-13-27-9-11-28(12-10-27)14-16-30-20-42-36(44-30)32-18-26(6)22-48(32)38(50)34(24(3)4)46-40(52)54-8/h9-12,19-20,23-26,31-34,39,45,51H,17-18,21-22H2,1-8H3,(H,41,43)(H,42,44)(H,46,52). The first-order chi connectivity index (χ1) is 25.8. The Hall–Kier alpha value is -5.15. The number of nitrogens with one attached hydrogen (secondary N) is 4. The summed E-state index contributed by atoms with van der Waals surface area (Å²) in [5.74, 6) is 14.0. The predicted octanol–water partition coefficient (Wildman–Crippen LogP) is 3.67. The second kappa shape index (κ2) is 17.8. The molecule has 0 aliphatic carbocycles. The molecule has 3 aromatic rings. The molecule has 0 bridgehead atoms. The van der Waals surface area contributed by atoms with Crippen LogP contribution < -0.4 is 10.6 Å². The molecule has 4 heterocycles. The van der Waals surface area contributed by atoms with Crippen LogP contribution in [0.15, 0.2) is 36.7 Å². The maximum Gasteiger partial charge on any atom is 0.407 e. The number of likely N-dealkylation sites (tertiary alicyclic amines) is 2. The number of carbonyl (C=O) groups excluding carboxylic acids is 3. The largest absolute Gasteiger partial charge is 0.453 e. The molecular weight excluding hydrogens is 688 g/mol. The van der Waals surface area contributed by atoms with Crippen molar-refractivity contribution in [2.45, 2.75) is 85.0 Å². The molecule has 2 aliphatic rings. The number of aliphatic hydroxyl groups excluding tert-OH is 1. The Bertz CT molecular complexity index is 1900. The SMILES string of the molecule is COC(=O)NC(C(=O)N1CC(C)CC1c1ncc(C#Cc2ccc(C#Cc3cnc(C4CC(C)CN4C(=O)C(NC(O)OC)C(C)C)[nH]3)cc2)[nH]1)C(C)C. The Balaban J connectivity index is 1.22. The van der Waals surface area contributed by atoms with Gasteiger partial charge in [0, 0.05) is 31.3 Å². The number of imidazole rings is 2. The van der Waals surface area contributed by atoms with Gasteiger partial charge in [-0.25, -0.2) is 14.8 Å². The van der Waals surface area contributed by atoms with Crippen LogP contribution in [0.3, 0.4) is 0 Å². The normalized spacial score (nSPS) is 21.2. The van der Waals surface area contributed by atoms with E-state index in [0.29, 0.717) is 36.1 Å². The third-order valence-electron chi connectivity index (χ3n) is 9.85. The van der Waals surface area contributed by atoms with Crippen molar-refractivity contribution in [3.63, 3.8) is 0 Å². The van der Waals surface area contributed by atoms with Crippen molar-refractivity contribution in [2.24, 2.45) is 23.7 Å². The highest BCUT2D eigenvalue weighted by atomic mass is 16.6. The van der Waals surface area contributed by atoms with Crippen molar-refractivity contribution in [1.29, 1.82) is 0 Å². The molecule has 288 valence electrons.